The van der Waals surface area contributed by atoms with Gasteiger partial charge in [0.1, 0.15) is 5.69 Å². The van der Waals surface area contributed by atoms with Gasteiger partial charge in [-0.1, -0.05) is 12.1 Å². The van der Waals surface area contributed by atoms with E-state index in [1.54, 1.807) is 0 Å². The number of pyridine rings is 1. The number of fused-ring (bicyclic) bond motifs is 2. The van der Waals surface area contributed by atoms with Crippen LogP contribution in [-0.4, -0.2) is 19.6 Å². The van der Waals surface area contributed by atoms with Crippen LogP contribution in [0.25, 0.3) is 33.5 Å². The Hall–Kier alpha value is -2.95. The van der Waals surface area contributed by atoms with Crippen LogP contribution < -0.4 is 4.68 Å². The largest absolute Gasteiger partial charge is 0.334 e. The second-order valence-corrected chi connectivity index (χ2v) is 6.34. The number of nitrogens with zero attached hydrogens (tertiary/aromatic N) is 4. The smallest absolute Gasteiger partial charge is 0.216 e. The highest BCUT2D eigenvalue weighted by Gasteiger charge is 2.31. The van der Waals surface area contributed by atoms with Gasteiger partial charge in [0.2, 0.25) is 5.69 Å². The molecule has 0 radical (unpaired) electrons. The molecule has 3 aromatic heterocycles. The van der Waals surface area contributed by atoms with Gasteiger partial charge in [0.05, 0.1) is 28.6 Å². The maximum Gasteiger partial charge on any atom is 0.216 e. The van der Waals surface area contributed by atoms with Crippen LogP contribution >= 0.6 is 0 Å². The van der Waals surface area contributed by atoms with Crippen molar-refractivity contribution in [2.75, 3.05) is 0 Å². The van der Waals surface area contributed by atoms with Crippen molar-refractivity contribution >= 4 is 11.0 Å². The van der Waals surface area contributed by atoms with Gasteiger partial charge >= 0.3 is 0 Å². The van der Waals surface area contributed by atoms with Crippen molar-refractivity contribution in [1.82, 2.24) is 19.6 Å². The monoisotopic (exact) mass is 316 g/mol. The van der Waals surface area contributed by atoms with Crippen LogP contribution in [0.1, 0.15) is 12.1 Å². The molecule has 1 aromatic carbocycles. The SMILES string of the molecule is Cn1cnc2ccc(-c3c(-c4ccccn4)[nH][n+]4c3CCC4)cc21. The third-order valence-corrected chi connectivity index (χ3v) is 4.84. The predicted octanol–water partition coefficient (Wildman–Crippen LogP) is 2.86. The average Bonchev–Trinajstić information content (AvgIpc) is 3.30. The summed E-state index contributed by atoms with van der Waals surface area (Å²) in [4.78, 5) is 8.99. The fourth-order valence-corrected chi connectivity index (χ4v) is 3.68. The van der Waals surface area contributed by atoms with E-state index in [-0.39, 0.29) is 0 Å². The molecule has 0 saturated heterocycles. The molecule has 0 saturated carbocycles. The predicted molar refractivity (Wildman–Crippen MR) is 92.2 cm³/mol. The van der Waals surface area contributed by atoms with Crippen molar-refractivity contribution < 1.29 is 4.68 Å². The molecule has 0 spiro atoms. The molecule has 4 heterocycles. The molecule has 0 bridgehead atoms. The van der Waals surface area contributed by atoms with Gasteiger partial charge in [-0.25, -0.2) is 4.98 Å². The number of nitrogens with one attached hydrogen (secondary N) is 1. The fourth-order valence-electron chi connectivity index (χ4n) is 3.68. The van der Waals surface area contributed by atoms with E-state index in [9.17, 15) is 0 Å². The van der Waals surface area contributed by atoms with E-state index in [1.807, 2.05) is 31.7 Å². The molecule has 1 aliphatic rings. The summed E-state index contributed by atoms with van der Waals surface area (Å²) in [7, 11) is 2.04. The second-order valence-electron chi connectivity index (χ2n) is 6.34. The lowest BCUT2D eigenvalue weighted by atomic mass is 9.99. The van der Waals surface area contributed by atoms with E-state index in [2.05, 4.69) is 48.6 Å². The van der Waals surface area contributed by atoms with Crippen LogP contribution in [-0.2, 0) is 20.0 Å². The zero-order valence-corrected chi connectivity index (χ0v) is 13.5. The van der Waals surface area contributed by atoms with Crippen molar-refractivity contribution in [3.05, 3.63) is 54.6 Å². The number of rotatable bonds is 2. The van der Waals surface area contributed by atoms with Crippen molar-refractivity contribution in [1.29, 1.82) is 0 Å². The van der Waals surface area contributed by atoms with Crippen LogP contribution in [0.4, 0.5) is 0 Å². The molecule has 5 rings (SSSR count). The summed E-state index contributed by atoms with van der Waals surface area (Å²) in [5, 5.41) is 3.57. The topological polar surface area (TPSA) is 50.4 Å². The average molecular weight is 316 g/mol. The summed E-state index contributed by atoms with van der Waals surface area (Å²) >= 11 is 0. The standard InChI is InChI=1S/C19H17N5/c1-23-12-21-14-8-7-13(11-17(14)23)18-16-6-4-10-24(16)22-19(18)15-5-2-3-9-20-15/h2-3,5,7-9,11-12H,4,6,10H2,1H3/p+1. The normalized spacial score (nSPS) is 13.5. The Morgan fingerprint density at radius 3 is 3.00 bits per heavy atom. The van der Waals surface area contributed by atoms with Gasteiger partial charge in [-0.2, -0.15) is 5.10 Å². The zero-order valence-electron chi connectivity index (χ0n) is 13.5. The van der Waals surface area contributed by atoms with E-state index in [0.29, 0.717) is 0 Å². The molecule has 24 heavy (non-hydrogen) atoms. The lowest BCUT2D eigenvalue weighted by Gasteiger charge is -2.04. The summed E-state index contributed by atoms with van der Waals surface area (Å²) in [5.41, 5.74) is 8.13. The van der Waals surface area contributed by atoms with Crippen LogP contribution in [0.2, 0.25) is 0 Å². The maximum absolute atomic E-state index is 4.56. The van der Waals surface area contributed by atoms with Crippen LogP contribution in [0, 0.1) is 0 Å². The summed E-state index contributed by atoms with van der Waals surface area (Å²) in [5.74, 6) is 0. The molecule has 0 aliphatic carbocycles. The minimum Gasteiger partial charge on any atom is -0.334 e. The summed E-state index contributed by atoms with van der Waals surface area (Å²) in [6.07, 6.45) is 6.00. The van der Waals surface area contributed by atoms with Gasteiger partial charge in [0.15, 0.2) is 6.54 Å². The molecular formula is C19H18N5+. The van der Waals surface area contributed by atoms with Crippen molar-refractivity contribution in [2.45, 2.75) is 19.4 Å². The lowest BCUT2D eigenvalue weighted by molar-refractivity contribution is -0.743. The van der Waals surface area contributed by atoms with E-state index in [1.165, 1.54) is 23.2 Å². The number of hydrogen-bond donors (Lipinski definition) is 1. The maximum atomic E-state index is 4.56. The molecule has 1 aliphatic heterocycles. The first-order chi connectivity index (χ1) is 11.8. The Morgan fingerprint density at radius 1 is 1.17 bits per heavy atom. The second kappa shape index (κ2) is 5.03. The van der Waals surface area contributed by atoms with Gasteiger partial charge < -0.3 is 4.57 Å². The summed E-state index contributed by atoms with van der Waals surface area (Å²) in [6, 6.07) is 12.6. The highest BCUT2D eigenvalue weighted by molar-refractivity contribution is 5.87. The first kappa shape index (κ1) is 13.5. The van der Waals surface area contributed by atoms with Gasteiger partial charge in [0, 0.05) is 26.1 Å². The first-order valence-corrected chi connectivity index (χ1v) is 8.29. The van der Waals surface area contributed by atoms with Crippen molar-refractivity contribution in [3.63, 3.8) is 0 Å². The molecule has 4 aromatic rings. The molecule has 118 valence electrons. The Labute approximate surface area is 139 Å². The van der Waals surface area contributed by atoms with Gasteiger partial charge in [-0.05, 0) is 29.8 Å². The molecule has 0 atom stereocenters. The van der Waals surface area contributed by atoms with Crippen LogP contribution in [0.5, 0.6) is 0 Å². The number of hydrogen-bond acceptors (Lipinski definition) is 2. The number of aryl methyl sites for hydroxylation is 2. The van der Waals surface area contributed by atoms with Gasteiger partial charge in [0.25, 0.3) is 0 Å². The number of H-pyrrole nitrogens is 1. The Morgan fingerprint density at radius 2 is 2.12 bits per heavy atom. The van der Waals surface area contributed by atoms with E-state index in [0.717, 1.165) is 35.4 Å². The quantitative estimate of drug-likeness (QED) is 0.578. The van der Waals surface area contributed by atoms with E-state index >= 15 is 0 Å². The summed E-state index contributed by atoms with van der Waals surface area (Å²) in [6.45, 7) is 1.04. The molecule has 0 amide bonds. The van der Waals surface area contributed by atoms with E-state index < -0.39 is 0 Å². The molecule has 5 nitrogen and oxygen atoms in total. The minimum absolute atomic E-state index is 0.986. The molecule has 0 unspecified atom stereocenters. The van der Waals surface area contributed by atoms with Crippen LogP contribution in [0.3, 0.4) is 0 Å². The highest BCUT2D eigenvalue weighted by Crippen LogP contribution is 2.35. The number of benzene rings is 1. The Balaban J connectivity index is 1.78. The Kier molecular flexibility index (Phi) is 2.82. The van der Waals surface area contributed by atoms with Crippen molar-refractivity contribution in [3.8, 4) is 22.5 Å². The van der Waals surface area contributed by atoms with Crippen LogP contribution in [0.15, 0.2) is 48.9 Å². The molecule has 5 heteroatoms. The first-order valence-electron chi connectivity index (χ1n) is 8.29. The molecule has 1 N–H and O–H groups in total. The van der Waals surface area contributed by atoms with Gasteiger partial charge in [-0.15, -0.1) is 4.68 Å². The van der Waals surface area contributed by atoms with Gasteiger partial charge in [-0.3, -0.25) is 4.98 Å². The zero-order chi connectivity index (χ0) is 16.1. The minimum atomic E-state index is 0.986. The highest BCUT2D eigenvalue weighted by atomic mass is 15.3. The van der Waals surface area contributed by atoms with Crippen molar-refractivity contribution in [2.24, 2.45) is 7.05 Å². The molecular weight excluding hydrogens is 298 g/mol. The molecule has 0 fully saturated rings. The fraction of sp³-hybridized carbons (Fsp3) is 0.211. The number of aromatic nitrogens is 5. The third-order valence-electron chi connectivity index (χ3n) is 4.84. The Bertz CT molecular complexity index is 1040. The van der Waals surface area contributed by atoms with E-state index in [4.69, 9.17) is 0 Å². The summed E-state index contributed by atoms with van der Waals surface area (Å²) < 4.78 is 4.34. The lowest BCUT2D eigenvalue weighted by Crippen LogP contribution is -2.34. The third kappa shape index (κ3) is 1.91. The number of aromatic amines is 1. The number of imidazole rings is 1.